The average Bonchev–Trinajstić information content (AvgIpc) is 2.79. The number of rotatable bonds is 5. The molecule has 0 radical (unpaired) electrons. The lowest BCUT2D eigenvalue weighted by molar-refractivity contribution is 0.0698. The van der Waals surface area contributed by atoms with E-state index in [1.54, 1.807) is 24.4 Å². The van der Waals surface area contributed by atoms with E-state index in [2.05, 4.69) is 10.6 Å². The van der Waals surface area contributed by atoms with Gasteiger partial charge in [0, 0.05) is 43.6 Å². The lowest BCUT2D eigenvalue weighted by atomic mass is 10.1. The molecule has 0 amide bonds. The molecule has 4 rings (SSSR count). The topological polar surface area (TPSA) is 123 Å². The van der Waals surface area contributed by atoms with Crippen LogP contribution in [-0.4, -0.2) is 46.6 Å². The van der Waals surface area contributed by atoms with E-state index in [-0.39, 0.29) is 17.2 Å². The van der Waals surface area contributed by atoms with Crippen molar-refractivity contribution in [3.63, 3.8) is 0 Å². The van der Waals surface area contributed by atoms with Crippen LogP contribution >= 0.6 is 0 Å². The first kappa shape index (κ1) is 21.3. The normalized spacial score (nSPS) is 14.7. The minimum absolute atomic E-state index is 0.0257. The Morgan fingerprint density at radius 3 is 2.72 bits per heavy atom. The zero-order valence-corrected chi connectivity index (χ0v) is 17.9. The number of fused-ring (bicyclic) bond motifs is 1. The van der Waals surface area contributed by atoms with Crippen molar-refractivity contribution in [1.82, 2.24) is 14.7 Å². The maximum atomic E-state index is 13.2. The van der Waals surface area contributed by atoms with Crippen molar-refractivity contribution in [2.45, 2.75) is 19.9 Å². The SMILES string of the molecule is Cc1cc([C@@H](C)Nc2ccccc2C(=O)O)c2nc(N3CCNCC3)c(C#N)c(=O)n2c1. The Bertz CT molecular complexity index is 1290. The van der Waals surface area contributed by atoms with Gasteiger partial charge >= 0.3 is 5.97 Å². The fourth-order valence-corrected chi connectivity index (χ4v) is 4.02. The second-order valence-electron chi connectivity index (χ2n) is 7.85. The Morgan fingerprint density at radius 1 is 1.31 bits per heavy atom. The van der Waals surface area contributed by atoms with Crippen molar-refractivity contribution in [3.05, 3.63) is 69.1 Å². The number of nitriles is 1. The number of aryl methyl sites for hydroxylation is 1. The standard InChI is InChI=1S/C23H24N6O3/c1-14-11-17(15(2)26-19-6-4-3-5-16(19)23(31)32)21-27-20(28-9-7-25-8-10-28)18(12-24)22(30)29(21)13-14/h3-6,11,13,15,25-26H,7-10H2,1-2H3,(H,31,32)/t15-/m1/s1. The summed E-state index contributed by atoms with van der Waals surface area (Å²) in [5.74, 6) is -0.634. The van der Waals surface area contributed by atoms with Gasteiger partial charge in [0.25, 0.3) is 5.56 Å². The zero-order chi connectivity index (χ0) is 22.8. The van der Waals surface area contributed by atoms with Gasteiger partial charge in [-0.2, -0.15) is 5.26 Å². The van der Waals surface area contributed by atoms with Crippen molar-refractivity contribution in [2.24, 2.45) is 0 Å². The smallest absolute Gasteiger partial charge is 0.337 e. The molecule has 1 atom stereocenters. The number of aromatic nitrogens is 2. The van der Waals surface area contributed by atoms with E-state index in [4.69, 9.17) is 4.98 Å². The molecule has 1 aliphatic rings. The molecule has 9 heteroatoms. The van der Waals surface area contributed by atoms with Gasteiger partial charge in [-0.25, -0.2) is 9.78 Å². The van der Waals surface area contributed by atoms with Crippen LogP contribution in [0.15, 0.2) is 41.3 Å². The van der Waals surface area contributed by atoms with Crippen molar-refractivity contribution in [1.29, 1.82) is 5.26 Å². The van der Waals surface area contributed by atoms with Crippen LogP contribution in [0.4, 0.5) is 11.5 Å². The fourth-order valence-electron chi connectivity index (χ4n) is 4.02. The lowest BCUT2D eigenvalue weighted by Gasteiger charge is -2.29. The molecule has 0 saturated carbocycles. The Kier molecular flexibility index (Phi) is 5.79. The van der Waals surface area contributed by atoms with Crippen LogP contribution in [0.3, 0.4) is 0 Å². The summed E-state index contributed by atoms with van der Waals surface area (Å²) in [4.78, 5) is 31.5. The first-order valence-corrected chi connectivity index (χ1v) is 10.4. The Balaban J connectivity index is 1.86. The summed E-state index contributed by atoms with van der Waals surface area (Å²) in [6.07, 6.45) is 1.68. The van der Waals surface area contributed by atoms with Crippen molar-refractivity contribution in [2.75, 3.05) is 36.4 Å². The van der Waals surface area contributed by atoms with Gasteiger partial charge in [0.2, 0.25) is 0 Å². The number of hydrogen-bond acceptors (Lipinski definition) is 7. The van der Waals surface area contributed by atoms with Gasteiger partial charge in [-0.3, -0.25) is 9.20 Å². The number of carbonyl (C=O) groups is 1. The second-order valence-corrected chi connectivity index (χ2v) is 7.85. The molecular weight excluding hydrogens is 408 g/mol. The predicted octanol–water partition coefficient (Wildman–Crippen LogP) is 2.16. The number of piperazine rings is 1. The first-order valence-electron chi connectivity index (χ1n) is 10.4. The molecule has 3 N–H and O–H groups in total. The first-order chi connectivity index (χ1) is 15.4. The maximum Gasteiger partial charge on any atom is 0.337 e. The van der Waals surface area contributed by atoms with Crippen LogP contribution in [0.2, 0.25) is 0 Å². The van der Waals surface area contributed by atoms with Crippen molar-refractivity contribution in [3.8, 4) is 6.07 Å². The molecule has 32 heavy (non-hydrogen) atoms. The van der Waals surface area contributed by atoms with Gasteiger partial charge in [0.15, 0.2) is 11.4 Å². The van der Waals surface area contributed by atoms with E-state index in [9.17, 15) is 20.0 Å². The molecular formula is C23H24N6O3. The summed E-state index contributed by atoms with van der Waals surface area (Å²) < 4.78 is 1.41. The van der Waals surface area contributed by atoms with E-state index >= 15 is 0 Å². The summed E-state index contributed by atoms with van der Waals surface area (Å²) in [7, 11) is 0. The number of aromatic carboxylic acids is 1. The minimum Gasteiger partial charge on any atom is -0.478 e. The average molecular weight is 432 g/mol. The molecule has 1 fully saturated rings. The number of nitrogens with zero attached hydrogens (tertiary/aromatic N) is 4. The fraction of sp³-hybridized carbons (Fsp3) is 0.304. The van der Waals surface area contributed by atoms with E-state index < -0.39 is 11.5 Å². The monoisotopic (exact) mass is 432 g/mol. The number of nitrogens with one attached hydrogen (secondary N) is 2. The number of anilines is 2. The van der Waals surface area contributed by atoms with Gasteiger partial charge in [-0.05, 0) is 37.6 Å². The molecule has 3 aromatic rings. The van der Waals surface area contributed by atoms with E-state index in [0.29, 0.717) is 30.2 Å². The zero-order valence-electron chi connectivity index (χ0n) is 17.9. The second kappa shape index (κ2) is 8.69. The summed E-state index contributed by atoms with van der Waals surface area (Å²) >= 11 is 0. The molecule has 2 aromatic heterocycles. The van der Waals surface area contributed by atoms with Gasteiger partial charge < -0.3 is 20.6 Å². The van der Waals surface area contributed by atoms with Crippen LogP contribution in [0.1, 0.15) is 40.0 Å². The Hall–Kier alpha value is -3.90. The summed E-state index contributed by atoms with van der Waals surface area (Å²) in [6.45, 7) is 6.55. The third-order valence-electron chi connectivity index (χ3n) is 5.59. The van der Waals surface area contributed by atoms with Crippen LogP contribution in [0, 0.1) is 18.3 Å². The molecule has 9 nitrogen and oxygen atoms in total. The van der Waals surface area contributed by atoms with E-state index in [0.717, 1.165) is 24.2 Å². The molecule has 1 aromatic carbocycles. The van der Waals surface area contributed by atoms with Crippen LogP contribution in [0.25, 0.3) is 5.65 Å². The third-order valence-corrected chi connectivity index (χ3v) is 5.59. The van der Waals surface area contributed by atoms with Crippen LogP contribution < -0.4 is 21.1 Å². The molecule has 0 unspecified atom stereocenters. The van der Waals surface area contributed by atoms with Gasteiger partial charge in [0.05, 0.1) is 11.6 Å². The third kappa shape index (κ3) is 3.88. The lowest BCUT2D eigenvalue weighted by Crippen LogP contribution is -2.45. The quantitative estimate of drug-likeness (QED) is 0.561. The Labute approximate surface area is 184 Å². The van der Waals surface area contributed by atoms with E-state index in [1.165, 1.54) is 10.5 Å². The maximum absolute atomic E-state index is 13.2. The minimum atomic E-state index is -1.02. The van der Waals surface area contributed by atoms with Gasteiger partial charge in [-0.15, -0.1) is 0 Å². The molecule has 164 valence electrons. The van der Waals surface area contributed by atoms with Gasteiger partial charge in [-0.1, -0.05) is 12.1 Å². The summed E-state index contributed by atoms with van der Waals surface area (Å²) in [5, 5.41) is 25.7. The summed E-state index contributed by atoms with van der Waals surface area (Å²) in [5.41, 5.74) is 2.27. The van der Waals surface area contributed by atoms with Crippen molar-refractivity contribution < 1.29 is 9.90 Å². The molecule has 0 bridgehead atoms. The largest absolute Gasteiger partial charge is 0.478 e. The number of carboxylic acid groups (broad SMARTS) is 1. The number of pyridine rings is 1. The molecule has 3 heterocycles. The molecule has 0 spiro atoms. The number of hydrogen-bond donors (Lipinski definition) is 3. The number of para-hydroxylation sites is 1. The highest BCUT2D eigenvalue weighted by Gasteiger charge is 2.23. The predicted molar refractivity (Wildman–Crippen MR) is 121 cm³/mol. The Morgan fingerprint density at radius 2 is 2.03 bits per heavy atom. The molecule has 1 saturated heterocycles. The highest BCUT2D eigenvalue weighted by molar-refractivity contribution is 5.94. The number of benzene rings is 1. The van der Waals surface area contributed by atoms with Crippen molar-refractivity contribution >= 4 is 23.1 Å². The van der Waals surface area contributed by atoms with Gasteiger partial charge in [0.1, 0.15) is 11.7 Å². The number of carboxylic acids is 1. The van der Waals surface area contributed by atoms with Crippen LogP contribution in [-0.2, 0) is 0 Å². The molecule has 0 aliphatic carbocycles. The van der Waals surface area contributed by atoms with E-state index in [1.807, 2.05) is 30.9 Å². The summed E-state index contributed by atoms with van der Waals surface area (Å²) in [6, 6.07) is 10.3. The van der Waals surface area contributed by atoms with Crippen LogP contribution in [0.5, 0.6) is 0 Å². The molecule has 1 aliphatic heterocycles. The highest BCUT2D eigenvalue weighted by Crippen LogP contribution is 2.27. The highest BCUT2D eigenvalue weighted by atomic mass is 16.4.